The van der Waals surface area contributed by atoms with Gasteiger partial charge in [0.25, 0.3) is 0 Å². The van der Waals surface area contributed by atoms with Gasteiger partial charge < -0.3 is 9.66 Å². The van der Waals surface area contributed by atoms with E-state index in [2.05, 4.69) is 19.1 Å². The van der Waals surface area contributed by atoms with Gasteiger partial charge in [-0.2, -0.15) is 0 Å². The molecule has 0 atom stereocenters. The van der Waals surface area contributed by atoms with E-state index < -0.39 is 16.4 Å². The van der Waals surface area contributed by atoms with Crippen molar-refractivity contribution in [2.75, 3.05) is 0 Å². The van der Waals surface area contributed by atoms with Gasteiger partial charge in [0.15, 0.2) is 0 Å². The Morgan fingerprint density at radius 1 is 0.846 bits per heavy atom. The summed E-state index contributed by atoms with van der Waals surface area (Å²) in [4.78, 5) is 10.3. The molecule has 0 heterocycles. The molecule has 0 saturated carbocycles. The van der Waals surface area contributed by atoms with Crippen LogP contribution in [0.5, 0.6) is 0 Å². The molecule has 8 heteroatoms. The summed E-state index contributed by atoms with van der Waals surface area (Å²) in [5.74, 6) is -0.664. The van der Waals surface area contributed by atoms with E-state index in [9.17, 15) is 4.79 Å². The van der Waals surface area contributed by atoms with E-state index in [-0.39, 0.29) is 29.6 Å². The van der Waals surface area contributed by atoms with Crippen molar-refractivity contribution in [1.82, 2.24) is 0 Å². The molecule has 0 aromatic heterocycles. The second kappa shape index (κ2) is 23.1. The number of carboxylic acid groups (broad SMARTS) is 1. The molecule has 150 valence electrons. The molecule has 0 aliphatic heterocycles. The van der Waals surface area contributed by atoms with Crippen LogP contribution in [0.4, 0.5) is 0 Å². The summed E-state index contributed by atoms with van der Waals surface area (Å²) < 4.78 is 32.8. The van der Waals surface area contributed by atoms with Crippen LogP contribution in [0.1, 0.15) is 96.8 Å². The van der Waals surface area contributed by atoms with Crippen LogP contribution in [-0.4, -0.2) is 28.6 Å². The molecule has 0 unspecified atom stereocenters. The van der Waals surface area contributed by atoms with Gasteiger partial charge in [0.2, 0.25) is 10.4 Å². The number of rotatable bonds is 15. The summed E-state index contributed by atoms with van der Waals surface area (Å²) in [6.45, 7) is 2.26. The third kappa shape index (κ3) is 44.0. The van der Waals surface area contributed by atoms with Crippen molar-refractivity contribution in [3.8, 4) is 0 Å². The van der Waals surface area contributed by atoms with Crippen LogP contribution in [-0.2, 0) is 15.2 Å². The largest absolute Gasteiger partial charge is 1.00 e. The van der Waals surface area contributed by atoms with Crippen molar-refractivity contribution < 1.29 is 57.0 Å². The Bertz CT molecular complexity index is 415. The summed E-state index contributed by atoms with van der Waals surface area (Å²) in [5, 5.41) is 8.51. The van der Waals surface area contributed by atoms with E-state index in [0.717, 1.165) is 12.8 Å². The van der Waals surface area contributed by atoms with Gasteiger partial charge in [0.05, 0.1) is 0 Å². The third-order valence-electron chi connectivity index (χ3n) is 3.65. The Morgan fingerprint density at radius 3 is 1.58 bits per heavy atom. The quantitative estimate of drug-likeness (QED) is 0.143. The number of hydrogen-bond acceptors (Lipinski definition) is 4. The molecule has 0 aromatic carbocycles. The van der Waals surface area contributed by atoms with Crippen LogP contribution in [0.15, 0.2) is 12.2 Å². The minimum absolute atomic E-state index is 0. The van der Waals surface area contributed by atoms with Gasteiger partial charge in [-0.25, -0.2) is 8.42 Å². The Labute approximate surface area is 181 Å². The predicted octanol–water partition coefficient (Wildman–Crippen LogP) is 2.12. The molecule has 0 bridgehead atoms. The molecule has 0 spiro atoms. The smallest absolute Gasteiger partial charge is 0.726 e. The minimum atomic E-state index is -4.92. The molecule has 2 N–H and O–H groups in total. The van der Waals surface area contributed by atoms with Gasteiger partial charge in [0.1, 0.15) is 0 Å². The summed E-state index contributed by atoms with van der Waals surface area (Å²) in [6, 6.07) is 0. The Balaban J connectivity index is -0.000000772. The second-order valence-corrected chi connectivity index (χ2v) is 7.01. The summed E-state index contributed by atoms with van der Waals surface area (Å²) in [6.07, 6.45) is 21.2. The Morgan fingerprint density at radius 2 is 1.19 bits per heavy atom. The van der Waals surface area contributed by atoms with Crippen molar-refractivity contribution in [1.29, 1.82) is 0 Å². The first kappa shape index (κ1) is 30.8. The molecule has 0 saturated heterocycles. The first-order chi connectivity index (χ1) is 11.8. The topological polar surface area (TPSA) is 115 Å². The summed E-state index contributed by atoms with van der Waals surface area (Å²) >= 11 is 0. The maximum atomic E-state index is 10.3. The third-order valence-corrected chi connectivity index (χ3v) is 3.65. The van der Waals surface area contributed by atoms with Crippen LogP contribution in [0.3, 0.4) is 0 Å². The first-order valence-corrected chi connectivity index (χ1v) is 10.7. The van der Waals surface area contributed by atoms with Gasteiger partial charge in [-0.1, -0.05) is 70.4 Å². The van der Waals surface area contributed by atoms with Gasteiger partial charge in [-0.3, -0.25) is 9.35 Å². The average Bonchev–Trinajstić information content (AvgIpc) is 2.49. The molecule has 0 aromatic rings. The fourth-order valence-corrected chi connectivity index (χ4v) is 2.35. The fourth-order valence-electron chi connectivity index (χ4n) is 2.35. The molecule has 0 aliphatic carbocycles. The molecular weight excluding hydrogens is 367 g/mol. The van der Waals surface area contributed by atoms with Gasteiger partial charge >= 0.3 is 35.5 Å². The molecular formula is C18H35NaO6S. The minimum Gasteiger partial charge on any atom is -0.726 e. The van der Waals surface area contributed by atoms with Gasteiger partial charge in [0, 0.05) is 6.42 Å². The molecule has 6 nitrogen and oxygen atoms in total. The molecule has 0 aliphatic rings. The Hall–Kier alpha value is 0.0800. The van der Waals surface area contributed by atoms with Crippen LogP contribution in [0.25, 0.3) is 0 Å². The van der Waals surface area contributed by atoms with E-state index in [4.69, 9.17) is 22.6 Å². The van der Waals surface area contributed by atoms with E-state index in [1.807, 2.05) is 0 Å². The number of unbranched alkanes of at least 4 members (excludes halogenated alkanes) is 11. The monoisotopic (exact) mass is 402 g/mol. The van der Waals surface area contributed by atoms with Gasteiger partial charge in [-0.15, -0.1) is 0 Å². The Kier molecular flexibility index (Phi) is 27.4. The average molecular weight is 403 g/mol. The second-order valence-electron chi connectivity index (χ2n) is 6.16. The van der Waals surface area contributed by atoms with Crippen LogP contribution in [0.2, 0.25) is 0 Å². The molecule has 0 rings (SSSR count). The molecule has 0 amide bonds. The standard InChI is InChI=1S/C18H34O2.Na.H2O4S/c1-2-3-4-5-6-7-8-9-10-11-12-13-14-15-16-17-18(19)20;;1-5(2,3)4/h9-10H,2-8,11-17H2,1H3,(H,19,20);;(H2,1,2,3,4)/q;+1;/p-1. The molecule has 26 heavy (non-hydrogen) atoms. The van der Waals surface area contributed by atoms with Gasteiger partial charge in [-0.05, 0) is 32.1 Å². The number of carbonyl (C=O) groups is 1. The zero-order valence-electron chi connectivity index (χ0n) is 16.5. The van der Waals surface area contributed by atoms with Crippen LogP contribution < -0.4 is 29.6 Å². The SMILES string of the molecule is CCCCCCCCC=CCCCCCCCC(=O)O.O=S(=O)([O-])O.[Na+]. The van der Waals surface area contributed by atoms with Crippen LogP contribution in [0, 0.1) is 0 Å². The maximum absolute atomic E-state index is 10.3. The van der Waals surface area contributed by atoms with E-state index in [1.165, 1.54) is 70.6 Å². The fraction of sp³-hybridized carbons (Fsp3) is 0.833. The van der Waals surface area contributed by atoms with Crippen molar-refractivity contribution in [2.24, 2.45) is 0 Å². The van der Waals surface area contributed by atoms with E-state index in [0.29, 0.717) is 6.42 Å². The number of allylic oxidation sites excluding steroid dienone is 2. The van der Waals surface area contributed by atoms with E-state index >= 15 is 0 Å². The number of carboxylic acids is 1. The summed E-state index contributed by atoms with van der Waals surface area (Å²) in [5.41, 5.74) is 0. The normalized spacial score (nSPS) is 10.9. The van der Waals surface area contributed by atoms with Crippen molar-refractivity contribution >= 4 is 16.4 Å². The predicted molar refractivity (Wildman–Crippen MR) is 99.4 cm³/mol. The maximum Gasteiger partial charge on any atom is 1.00 e. The zero-order valence-corrected chi connectivity index (χ0v) is 19.3. The number of hydrogen-bond donors (Lipinski definition) is 2. The van der Waals surface area contributed by atoms with Crippen molar-refractivity contribution in [2.45, 2.75) is 96.8 Å². The number of aliphatic carboxylic acids is 1. The molecule has 0 fully saturated rings. The van der Waals surface area contributed by atoms with Crippen molar-refractivity contribution in [3.63, 3.8) is 0 Å². The van der Waals surface area contributed by atoms with Crippen molar-refractivity contribution in [3.05, 3.63) is 12.2 Å². The first-order valence-electron chi connectivity index (χ1n) is 9.32. The van der Waals surface area contributed by atoms with Crippen LogP contribution >= 0.6 is 0 Å². The van der Waals surface area contributed by atoms with E-state index in [1.54, 1.807) is 0 Å². The summed E-state index contributed by atoms with van der Waals surface area (Å²) in [7, 11) is -4.92. The zero-order chi connectivity index (χ0) is 19.4. The molecule has 0 radical (unpaired) electrons.